The number of aryl methyl sites for hydroxylation is 2. The maximum Gasteiger partial charge on any atom is 0.251 e. The fourth-order valence-electron chi connectivity index (χ4n) is 3.59. The number of hydrogen-bond acceptors (Lipinski definition) is 1. The van der Waals surface area contributed by atoms with Gasteiger partial charge in [-0.3, -0.25) is 4.79 Å². The van der Waals surface area contributed by atoms with E-state index in [0.717, 1.165) is 29.3 Å². The van der Waals surface area contributed by atoms with Gasteiger partial charge in [-0.1, -0.05) is 33.6 Å². The number of fused-ring (bicyclic) bond motifs is 3. The molecular formula is C20H19BrN2O. The van der Waals surface area contributed by atoms with Crippen LogP contribution in [0.4, 0.5) is 0 Å². The van der Waals surface area contributed by atoms with Crippen molar-refractivity contribution in [1.82, 2.24) is 10.3 Å². The molecule has 4 rings (SSSR count). The second-order valence-corrected chi connectivity index (χ2v) is 7.41. The third kappa shape index (κ3) is 2.75. The van der Waals surface area contributed by atoms with E-state index >= 15 is 0 Å². The molecule has 1 amide bonds. The van der Waals surface area contributed by atoms with E-state index in [1.54, 1.807) is 0 Å². The number of carbonyl (C=O) groups excluding carboxylic acids is 1. The highest BCUT2D eigenvalue weighted by Gasteiger charge is 2.25. The molecule has 0 fully saturated rings. The quantitative estimate of drug-likeness (QED) is 0.639. The highest BCUT2D eigenvalue weighted by Crippen LogP contribution is 2.35. The number of H-pyrrole nitrogens is 1. The van der Waals surface area contributed by atoms with E-state index in [2.05, 4.69) is 51.4 Å². The molecule has 122 valence electrons. The summed E-state index contributed by atoms with van der Waals surface area (Å²) in [7, 11) is 0. The van der Waals surface area contributed by atoms with E-state index in [9.17, 15) is 4.79 Å². The molecule has 1 aliphatic carbocycles. The number of carbonyl (C=O) groups is 1. The number of hydrogen-bond donors (Lipinski definition) is 2. The lowest BCUT2D eigenvalue weighted by atomic mass is 9.91. The van der Waals surface area contributed by atoms with Gasteiger partial charge in [0.15, 0.2) is 0 Å². The maximum absolute atomic E-state index is 12.6. The lowest BCUT2D eigenvalue weighted by Gasteiger charge is -2.24. The first kappa shape index (κ1) is 15.5. The number of aromatic amines is 1. The van der Waals surface area contributed by atoms with Crippen LogP contribution in [0.2, 0.25) is 0 Å². The Morgan fingerprint density at radius 2 is 2.12 bits per heavy atom. The van der Waals surface area contributed by atoms with Gasteiger partial charge in [-0.25, -0.2) is 0 Å². The normalized spacial score (nSPS) is 16.8. The lowest BCUT2D eigenvalue weighted by molar-refractivity contribution is 0.0932. The Labute approximate surface area is 149 Å². The molecular weight excluding hydrogens is 364 g/mol. The summed E-state index contributed by atoms with van der Waals surface area (Å²) in [5.74, 6) is -0.0241. The summed E-state index contributed by atoms with van der Waals surface area (Å²) in [6, 6.07) is 14.1. The van der Waals surface area contributed by atoms with E-state index in [0.29, 0.717) is 5.56 Å². The molecule has 1 atom stereocenters. The molecule has 0 spiro atoms. The van der Waals surface area contributed by atoms with Gasteiger partial charge in [0.1, 0.15) is 0 Å². The molecule has 0 bridgehead atoms. The monoisotopic (exact) mass is 382 g/mol. The molecule has 2 aromatic carbocycles. The maximum atomic E-state index is 12.6. The molecule has 1 heterocycles. The van der Waals surface area contributed by atoms with Crippen molar-refractivity contribution in [3.05, 3.63) is 69.3 Å². The van der Waals surface area contributed by atoms with Crippen LogP contribution in [0.25, 0.3) is 10.9 Å². The molecule has 0 radical (unpaired) electrons. The SMILES string of the molecule is Cc1ccc2[nH]c3c(c2c1)CCCC3NC(=O)c1cccc(Br)c1. The van der Waals surface area contributed by atoms with Crippen LogP contribution in [-0.2, 0) is 6.42 Å². The molecule has 3 aromatic rings. The molecule has 2 N–H and O–H groups in total. The fourth-order valence-corrected chi connectivity index (χ4v) is 3.99. The van der Waals surface area contributed by atoms with Crippen molar-refractivity contribution in [3.8, 4) is 0 Å². The van der Waals surface area contributed by atoms with Gasteiger partial charge in [-0.15, -0.1) is 0 Å². The Hall–Kier alpha value is -2.07. The third-order valence-electron chi connectivity index (χ3n) is 4.75. The summed E-state index contributed by atoms with van der Waals surface area (Å²) >= 11 is 3.43. The first-order valence-electron chi connectivity index (χ1n) is 8.29. The number of nitrogens with one attached hydrogen (secondary N) is 2. The van der Waals surface area contributed by atoms with E-state index in [1.165, 1.54) is 22.2 Å². The molecule has 1 unspecified atom stereocenters. The van der Waals surface area contributed by atoms with Gasteiger partial charge in [0, 0.05) is 26.6 Å². The number of aromatic nitrogens is 1. The van der Waals surface area contributed by atoms with E-state index < -0.39 is 0 Å². The molecule has 24 heavy (non-hydrogen) atoms. The van der Waals surface area contributed by atoms with Crippen LogP contribution >= 0.6 is 15.9 Å². The van der Waals surface area contributed by atoms with Crippen LogP contribution in [-0.4, -0.2) is 10.9 Å². The highest BCUT2D eigenvalue weighted by atomic mass is 79.9. The number of benzene rings is 2. The zero-order chi connectivity index (χ0) is 16.7. The predicted octanol–water partition coefficient (Wildman–Crippen LogP) is 5.05. The van der Waals surface area contributed by atoms with Crippen LogP contribution in [0.1, 0.15) is 46.1 Å². The second-order valence-electron chi connectivity index (χ2n) is 6.49. The fraction of sp³-hybridized carbons (Fsp3) is 0.250. The topological polar surface area (TPSA) is 44.9 Å². The highest BCUT2D eigenvalue weighted by molar-refractivity contribution is 9.10. The molecule has 4 heteroatoms. The van der Waals surface area contributed by atoms with E-state index in [1.807, 2.05) is 24.3 Å². The van der Waals surface area contributed by atoms with Crippen LogP contribution in [0.3, 0.4) is 0 Å². The predicted molar refractivity (Wildman–Crippen MR) is 100 cm³/mol. The zero-order valence-electron chi connectivity index (χ0n) is 13.5. The Balaban J connectivity index is 1.67. The zero-order valence-corrected chi connectivity index (χ0v) is 15.1. The summed E-state index contributed by atoms with van der Waals surface area (Å²) in [5, 5.41) is 4.50. The van der Waals surface area contributed by atoms with Crippen molar-refractivity contribution >= 4 is 32.7 Å². The molecule has 0 saturated carbocycles. The number of rotatable bonds is 2. The van der Waals surface area contributed by atoms with Gasteiger partial charge in [0.25, 0.3) is 5.91 Å². The molecule has 0 aliphatic heterocycles. The Morgan fingerprint density at radius 3 is 2.96 bits per heavy atom. The standard InChI is InChI=1S/C20H19BrN2O/c1-12-8-9-17-16(10-12)15-6-3-7-18(19(15)22-17)23-20(24)13-4-2-5-14(21)11-13/h2,4-5,8-11,18,22H,3,6-7H2,1H3,(H,23,24). The third-order valence-corrected chi connectivity index (χ3v) is 5.25. The van der Waals surface area contributed by atoms with Gasteiger partial charge >= 0.3 is 0 Å². The number of amides is 1. The van der Waals surface area contributed by atoms with Gasteiger partial charge in [-0.2, -0.15) is 0 Å². The average Bonchev–Trinajstić information content (AvgIpc) is 2.94. The summed E-state index contributed by atoms with van der Waals surface area (Å²) in [5.41, 5.74) is 5.65. The molecule has 1 aromatic heterocycles. The molecule has 1 aliphatic rings. The van der Waals surface area contributed by atoms with E-state index in [4.69, 9.17) is 0 Å². The first-order valence-corrected chi connectivity index (χ1v) is 9.08. The van der Waals surface area contributed by atoms with E-state index in [-0.39, 0.29) is 11.9 Å². The van der Waals surface area contributed by atoms with Crippen molar-refractivity contribution in [2.75, 3.05) is 0 Å². The minimum Gasteiger partial charge on any atom is -0.356 e. The summed E-state index contributed by atoms with van der Waals surface area (Å²) in [4.78, 5) is 16.1. The van der Waals surface area contributed by atoms with Crippen LogP contribution in [0, 0.1) is 6.92 Å². The lowest BCUT2D eigenvalue weighted by Crippen LogP contribution is -2.31. The first-order chi connectivity index (χ1) is 11.6. The van der Waals surface area contributed by atoms with Crippen molar-refractivity contribution in [2.24, 2.45) is 0 Å². The summed E-state index contributed by atoms with van der Waals surface area (Å²) in [6.07, 6.45) is 3.14. The smallest absolute Gasteiger partial charge is 0.251 e. The van der Waals surface area contributed by atoms with Crippen molar-refractivity contribution in [3.63, 3.8) is 0 Å². The van der Waals surface area contributed by atoms with Gasteiger partial charge in [-0.05, 0) is 62.1 Å². The van der Waals surface area contributed by atoms with Crippen molar-refractivity contribution < 1.29 is 4.79 Å². The summed E-state index contributed by atoms with van der Waals surface area (Å²) < 4.78 is 0.917. The van der Waals surface area contributed by atoms with Gasteiger partial charge < -0.3 is 10.3 Å². The Bertz CT molecular complexity index is 929. The van der Waals surface area contributed by atoms with Gasteiger partial charge in [0.2, 0.25) is 0 Å². The van der Waals surface area contributed by atoms with Crippen molar-refractivity contribution in [2.45, 2.75) is 32.2 Å². The Morgan fingerprint density at radius 1 is 1.25 bits per heavy atom. The second kappa shape index (κ2) is 6.10. The van der Waals surface area contributed by atoms with Crippen LogP contribution in [0.5, 0.6) is 0 Å². The minimum atomic E-state index is -0.0241. The molecule has 3 nitrogen and oxygen atoms in total. The van der Waals surface area contributed by atoms with Crippen molar-refractivity contribution in [1.29, 1.82) is 0 Å². The van der Waals surface area contributed by atoms with Gasteiger partial charge in [0.05, 0.1) is 6.04 Å². The average molecular weight is 383 g/mol. The Kier molecular flexibility index (Phi) is 3.93. The van der Waals surface area contributed by atoms with Crippen LogP contribution < -0.4 is 5.32 Å². The minimum absolute atomic E-state index is 0.0241. The van der Waals surface area contributed by atoms with Crippen LogP contribution in [0.15, 0.2) is 46.9 Å². The number of halogens is 1. The summed E-state index contributed by atoms with van der Waals surface area (Å²) in [6.45, 7) is 2.12. The largest absolute Gasteiger partial charge is 0.356 e. The molecule has 0 saturated heterocycles.